The molecule has 0 atom stereocenters. The fraction of sp³-hybridized carbons (Fsp3) is 0.167. The average molecular weight is 558 g/mol. The Bertz CT molecular complexity index is 1440. The maximum absolute atomic E-state index is 13.2. The van der Waals surface area contributed by atoms with Gasteiger partial charge in [0.2, 0.25) is 0 Å². The molecule has 0 bridgehead atoms. The van der Waals surface area contributed by atoms with Crippen LogP contribution in [-0.2, 0) is 27.4 Å². The molecule has 14 heteroatoms. The number of ether oxygens (including phenoxy) is 1. The van der Waals surface area contributed by atoms with Gasteiger partial charge in [-0.1, -0.05) is 78.5 Å². The number of allylic oxidation sites excluding steroid dienone is 1. The fourth-order valence-electron chi connectivity index (χ4n) is 3.18. The summed E-state index contributed by atoms with van der Waals surface area (Å²) in [6.07, 6.45) is -9.31. The Kier molecular flexibility index (Phi) is 8.66. The number of nitrogens with zero attached hydrogens (tertiary/aromatic N) is 2. The van der Waals surface area contributed by atoms with Gasteiger partial charge in [0.05, 0.1) is 17.1 Å². The van der Waals surface area contributed by atoms with Crippen molar-refractivity contribution in [1.29, 1.82) is 0 Å². The second-order valence-corrected chi connectivity index (χ2v) is 8.37. The lowest BCUT2D eigenvalue weighted by Crippen LogP contribution is -2.42. The maximum atomic E-state index is 13.2. The van der Waals surface area contributed by atoms with Crippen molar-refractivity contribution in [3.8, 4) is 11.1 Å². The van der Waals surface area contributed by atoms with E-state index < -0.39 is 24.3 Å². The first kappa shape index (κ1) is 28.5. The van der Waals surface area contributed by atoms with Gasteiger partial charge < -0.3 is 4.74 Å². The van der Waals surface area contributed by atoms with E-state index in [1.54, 1.807) is 4.57 Å². The number of thioether (sulfide) groups is 1. The number of halogens is 6. The highest BCUT2D eigenvalue weighted by Gasteiger charge is 2.49. The third-order valence-electron chi connectivity index (χ3n) is 4.84. The van der Waals surface area contributed by atoms with Gasteiger partial charge in [0.1, 0.15) is 0 Å². The summed E-state index contributed by atoms with van der Waals surface area (Å²) < 4.78 is 72.7. The maximum Gasteiger partial charge on any atom is 0.491 e. The van der Waals surface area contributed by atoms with E-state index in [9.17, 15) is 45.5 Å². The third-order valence-corrected chi connectivity index (χ3v) is 5.81. The molecule has 1 aliphatic rings. The SMILES string of the molecule is O=C(OC(=O)C(F)(F)F)C(F)(F)F.O=c1c(-c2ccccc2)c2n(c(=O)n1Cc1ccccc1)CC=CS2. The lowest BCUT2D eigenvalue weighted by atomic mass is 10.1. The smallest absolute Gasteiger partial charge is 0.380 e. The molecule has 0 amide bonds. The monoisotopic (exact) mass is 558 g/mol. The first-order valence-electron chi connectivity index (χ1n) is 10.5. The van der Waals surface area contributed by atoms with Gasteiger partial charge >= 0.3 is 30.0 Å². The molecule has 0 saturated carbocycles. The molecule has 0 spiro atoms. The highest BCUT2D eigenvalue weighted by Crippen LogP contribution is 2.30. The quantitative estimate of drug-likeness (QED) is 0.203. The summed E-state index contributed by atoms with van der Waals surface area (Å²) in [5, 5.41) is 2.65. The topological polar surface area (TPSA) is 87.4 Å². The van der Waals surface area contributed by atoms with E-state index in [2.05, 4.69) is 4.74 Å². The molecule has 3 aromatic rings. The Labute approximate surface area is 214 Å². The van der Waals surface area contributed by atoms with Gasteiger partial charge in [-0.05, 0) is 16.5 Å². The number of fused-ring (bicyclic) bond motifs is 1. The number of hydrogen-bond donors (Lipinski definition) is 0. The average Bonchev–Trinajstić information content (AvgIpc) is 2.87. The van der Waals surface area contributed by atoms with E-state index in [1.807, 2.05) is 72.1 Å². The molecular weight excluding hydrogens is 542 g/mol. The molecule has 0 radical (unpaired) electrons. The van der Waals surface area contributed by atoms with Gasteiger partial charge in [0.15, 0.2) is 0 Å². The standard InChI is InChI=1S/C20H16N2O2S.C4F6O3/c23-18-17(16-10-5-2-6-11-16)19-21(12-7-13-25-19)20(24)22(18)14-15-8-3-1-4-9-15;5-3(6,7)1(11)13-2(12)4(8,9)10/h1-11,13H,12,14H2;. The number of esters is 2. The van der Waals surface area contributed by atoms with Crippen molar-refractivity contribution < 1.29 is 40.7 Å². The predicted molar refractivity (Wildman–Crippen MR) is 124 cm³/mol. The van der Waals surface area contributed by atoms with Gasteiger partial charge in [0, 0.05) is 6.54 Å². The summed E-state index contributed by atoms with van der Waals surface area (Å²) >= 11 is 1.42. The van der Waals surface area contributed by atoms with Crippen molar-refractivity contribution in [2.24, 2.45) is 0 Å². The minimum absolute atomic E-state index is 0.242. The van der Waals surface area contributed by atoms with Crippen LogP contribution in [-0.4, -0.2) is 33.4 Å². The van der Waals surface area contributed by atoms with E-state index >= 15 is 0 Å². The van der Waals surface area contributed by atoms with Crippen molar-refractivity contribution in [2.45, 2.75) is 30.5 Å². The molecule has 38 heavy (non-hydrogen) atoms. The normalized spacial score (nSPS) is 12.7. The Hall–Kier alpha value is -4.07. The zero-order valence-electron chi connectivity index (χ0n) is 19.0. The Morgan fingerprint density at radius 2 is 1.37 bits per heavy atom. The van der Waals surface area contributed by atoms with Crippen LogP contribution in [0.3, 0.4) is 0 Å². The molecule has 4 rings (SSSR count). The first-order valence-corrected chi connectivity index (χ1v) is 11.4. The number of rotatable bonds is 3. The summed E-state index contributed by atoms with van der Waals surface area (Å²) in [7, 11) is 0. The molecule has 0 fully saturated rings. The molecule has 0 saturated heterocycles. The molecule has 1 aromatic heterocycles. The molecule has 200 valence electrons. The molecule has 0 N–H and O–H groups in total. The van der Waals surface area contributed by atoms with Crippen LogP contribution in [0.2, 0.25) is 0 Å². The van der Waals surface area contributed by atoms with Crippen molar-refractivity contribution in [2.75, 3.05) is 0 Å². The van der Waals surface area contributed by atoms with Gasteiger partial charge in [0.25, 0.3) is 5.56 Å². The van der Waals surface area contributed by atoms with Gasteiger partial charge in [-0.3, -0.25) is 13.9 Å². The van der Waals surface area contributed by atoms with Crippen LogP contribution in [0.4, 0.5) is 26.3 Å². The zero-order valence-corrected chi connectivity index (χ0v) is 19.8. The number of aromatic nitrogens is 2. The van der Waals surface area contributed by atoms with E-state index in [1.165, 1.54) is 16.3 Å². The number of alkyl halides is 6. The van der Waals surface area contributed by atoms with Crippen molar-refractivity contribution in [1.82, 2.24) is 9.13 Å². The Morgan fingerprint density at radius 3 is 1.89 bits per heavy atom. The summed E-state index contributed by atoms with van der Waals surface area (Å²) in [4.78, 5) is 45.4. The lowest BCUT2D eigenvalue weighted by molar-refractivity contribution is -0.221. The molecule has 2 aromatic carbocycles. The van der Waals surface area contributed by atoms with Crippen molar-refractivity contribution in [3.05, 3.63) is 98.5 Å². The van der Waals surface area contributed by atoms with E-state index in [0.717, 1.165) is 11.1 Å². The zero-order chi connectivity index (χ0) is 28.1. The van der Waals surface area contributed by atoms with Crippen molar-refractivity contribution in [3.63, 3.8) is 0 Å². The van der Waals surface area contributed by atoms with Crippen molar-refractivity contribution >= 4 is 23.7 Å². The second-order valence-electron chi connectivity index (χ2n) is 7.48. The van der Waals surface area contributed by atoms with Crippen LogP contribution in [0.5, 0.6) is 0 Å². The predicted octanol–water partition coefficient (Wildman–Crippen LogP) is 4.53. The summed E-state index contributed by atoms with van der Waals surface area (Å²) in [6, 6.07) is 19.1. The number of benzene rings is 2. The lowest BCUT2D eigenvalue weighted by Gasteiger charge is -2.19. The first-order chi connectivity index (χ1) is 17.8. The molecule has 1 aliphatic heterocycles. The Morgan fingerprint density at radius 1 is 0.842 bits per heavy atom. The number of carbonyl (C=O) groups is 2. The van der Waals surface area contributed by atoms with Crippen LogP contribution in [0.15, 0.2) is 86.8 Å². The van der Waals surface area contributed by atoms with Gasteiger partial charge in [-0.15, -0.1) is 0 Å². The summed E-state index contributed by atoms with van der Waals surface area (Å²) in [5.41, 5.74) is 1.85. The molecular formula is C24H16F6N2O5S. The second kappa shape index (κ2) is 11.5. The number of hydrogen-bond acceptors (Lipinski definition) is 6. The van der Waals surface area contributed by atoms with Gasteiger partial charge in [-0.2, -0.15) is 26.3 Å². The largest absolute Gasteiger partial charge is 0.491 e. The molecule has 7 nitrogen and oxygen atoms in total. The molecule has 0 unspecified atom stereocenters. The molecule has 0 aliphatic carbocycles. The molecule has 2 heterocycles. The van der Waals surface area contributed by atoms with E-state index in [4.69, 9.17) is 0 Å². The minimum Gasteiger partial charge on any atom is -0.380 e. The highest BCUT2D eigenvalue weighted by molar-refractivity contribution is 8.02. The van der Waals surface area contributed by atoms with Crippen LogP contribution in [0.1, 0.15) is 5.56 Å². The Balaban J connectivity index is 0.000000263. The number of carbonyl (C=O) groups excluding carboxylic acids is 2. The fourth-order valence-corrected chi connectivity index (χ4v) is 4.10. The minimum atomic E-state index is -5.62. The van der Waals surface area contributed by atoms with Crippen LogP contribution in [0.25, 0.3) is 11.1 Å². The van der Waals surface area contributed by atoms with E-state index in [-0.39, 0.29) is 17.8 Å². The van der Waals surface area contributed by atoms with Crippen LogP contribution < -0.4 is 11.2 Å². The highest BCUT2D eigenvalue weighted by atomic mass is 32.2. The van der Waals surface area contributed by atoms with E-state index in [0.29, 0.717) is 17.1 Å². The summed E-state index contributed by atoms with van der Waals surface area (Å²) in [6.45, 7) is 0.753. The summed E-state index contributed by atoms with van der Waals surface area (Å²) in [5.74, 6) is -6.40. The van der Waals surface area contributed by atoms with Crippen LogP contribution in [0, 0.1) is 0 Å². The van der Waals surface area contributed by atoms with Gasteiger partial charge in [-0.25, -0.2) is 14.4 Å². The van der Waals surface area contributed by atoms with Crippen LogP contribution >= 0.6 is 11.8 Å². The third kappa shape index (κ3) is 6.82.